The van der Waals surface area contributed by atoms with Crippen molar-refractivity contribution in [3.05, 3.63) is 72.3 Å². The van der Waals surface area contributed by atoms with E-state index >= 15 is 0 Å². The Morgan fingerprint density at radius 2 is 1.68 bits per heavy atom. The van der Waals surface area contributed by atoms with Gasteiger partial charge in [0.25, 0.3) is 0 Å². The Morgan fingerprint density at radius 1 is 1.00 bits per heavy atom. The fourth-order valence-corrected chi connectivity index (χ4v) is 4.63. The number of benzene rings is 3. The van der Waals surface area contributed by atoms with Crippen LogP contribution in [-0.4, -0.2) is 49.9 Å². The van der Waals surface area contributed by atoms with Crippen LogP contribution in [0, 0.1) is 0 Å². The van der Waals surface area contributed by atoms with E-state index in [1.165, 1.54) is 31.4 Å². The van der Waals surface area contributed by atoms with Gasteiger partial charge < -0.3 is 19.1 Å². The van der Waals surface area contributed by atoms with Gasteiger partial charge in [0.2, 0.25) is 11.3 Å². The molecule has 15 heteroatoms. The molecule has 1 N–H and O–H groups in total. The number of hydrogen-bond donors (Lipinski definition) is 1. The lowest BCUT2D eigenvalue weighted by Crippen LogP contribution is -2.41. The predicted octanol–water partition coefficient (Wildman–Crippen LogP) is 6.24. The summed E-state index contributed by atoms with van der Waals surface area (Å²) in [5, 5.41) is 0. The molecule has 3 aromatic rings. The van der Waals surface area contributed by atoms with Gasteiger partial charge in [-0.3, -0.25) is 4.18 Å². The quantitative estimate of drug-likeness (QED) is 0.260. The SMILES string of the molecule is COS(=O)NCCN1c2cccc(-c3cccc(OC(F)(F)F)c3)c2OCC1c1cccc(OC(F)(F)C(F)F)c1. The van der Waals surface area contributed by atoms with Crippen molar-refractivity contribution in [3.8, 4) is 28.4 Å². The molecule has 0 bridgehead atoms. The van der Waals surface area contributed by atoms with E-state index < -0.39 is 47.7 Å². The zero-order valence-electron chi connectivity index (χ0n) is 21.2. The van der Waals surface area contributed by atoms with Gasteiger partial charge in [0.15, 0.2) is 5.75 Å². The molecule has 0 aromatic heterocycles. The molecular formula is C26H23F7N2O5S. The second-order valence-corrected chi connectivity index (χ2v) is 9.67. The molecule has 222 valence electrons. The van der Waals surface area contributed by atoms with E-state index in [9.17, 15) is 34.9 Å². The second-order valence-electron chi connectivity index (χ2n) is 8.58. The number of rotatable bonds is 11. The highest BCUT2D eigenvalue weighted by atomic mass is 32.2. The van der Waals surface area contributed by atoms with Crippen molar-refractivity contribution < 1.29 is 53.3 Å². The zero-order chi connectivity index (χ0) is 29.8. The Balaban J connectivity index is 1.70. The van der Waals surface area contributed by atoms with Crippen molar-refractivity contribution in [1.82, 2.24) is 4.72 Å². The number of nitrogens with one attached hydrogen (secondary N) is 1. The number of nitrogens with zero attached hydrogens (tertiary/aromatic N) is 1. The maximum atomic E-state index is 13.6. The molecule has 1 aliphatic rings. The molecule has 7 nitrogen and oxygen atoms in total. The molecule has 1 heterocycles. The van der Waals surface area contributed by atoms with Crippen LogP contribution in [0.1, 0.15) is 11.6 Å². The Labute approximate surface area is 232 Å². The molecule has 0 saturated heterocycles. The van der Waals surface area contributed by atoms with Crippen LogP contribution in [0.15, 0.2) is 66.7 Å². The van der Waals surface area contributed by atoms with Crippen LogP contribution in [-0.2, 0) is 15.4 Å². The summed E-state index contributed by atoms with van der Waals surface area (Å²) in [6.45, 7) is 0.231. The molecular weight excluding hydrogens is 585 g/mol. The lowest BCUT2D eigenvalue weighted by molar-refractivity contribution is -0.274. The first-order valence-corrected chi connectivity index (χ1v) is 13.0. The summed E-state index contributed by atoms with van der Waals surface area (Å²) in [6, 6.07) is 14.9. The van der Waals surface area contributed by atoms with Gasteiger partial charge in [-0.25, -0.2) is 8.93 Å². The number of hydrogen-bond acceptors (Lipinski definition) is 6. The normalized spacial score (nSPS) is 16.2. The van der Waals surface area contributed by atoms with Crippen LogP contribution in [0.25, 0.3) is 11.1 Å². The van der Waals surface area contributed by atoms with Crippen molar-refractivity contribution in [2.45, 2.75) is 24.9 Å². The van der Waals surface area contributed by atoms with E-state index in [4.69, 9.17) is 8.92 Å². The Bertz CT molecular complexity index is 1380. The molecule has 2 atom stereocenters. The highest BCUT2D eigenvalue weighted by molar-refractivity contribution is 7.78. The first-order valence-electron chi connectivity index (χ1n) is 11.9. The molecule has 3 aromatic carbocycles. The molecule has 2 unspecified atom stereocenters. The summed E-state index contributed by atoms with van der Waals surface area (Å²) in [7, 11) is 1.24. The number of para-hydroxylation sites is 1. The van der Waals surface area contributed by atoms with Crippen molar-refractivity contribution in [3.63, 3.8) is 0 Å². The topological polar surface area (TPSA) is 69.3 Å². The fraction of sp³-hybridized carbons (Fsp3) is 0.308. The molecule has 0 radical (unpaired) electrons. The minimum absolute atomic E-state index is 0.0647. The third kappa shape index (κ3) is 7.59. The zero-order valence-corrected chi connectivity index (χ0v) is 22.0. The lowest BCUT2D eigenvalue weighted by atomic mass is 9.98. The van der Waals surface area contributed by atoms with Crippen LogP contribution in [0.5, 0.6) is 17.2 Å². The van der Waals surface area contributed by atoms with Gasteiger partial charge in [-0.15, -0.1) is 13.2 Å². The van der Waals surface area contributed by atoms with E-state index in [2.05, 4.69) is 14.2 Å². The van der Waals surface area contributed by atoms with Gasteiger partial charge >= 0.3 is 18.9 Å². The molecule has 0 fully saturated rings. The minimum Gasteiger partial charge on any atom is -0.488 e. The van der Waals surface area contributed by atoms with Gasteiger partial charge in [-0.2, -0.15) is 17.6 Å². The highest BCUT2D eigenvalue weighted by Crippen LogP contribution is 2.46. The van der Waals surface area contributed by atoms with Gasteiger partial charge in [-0.1, -0.05) is 36.4 Å². The van der Waals surface area contributed by atoms with Crippen LogP contribution in [0.3, 0.4) is 0 Å². The van der Waals surface area contributed by atoms with E-state index in [-0.39, 0.29) is 19.7 Å². The summed E-state index contributed by atoms with van der Waals surface area (Å²) < 4.78 is 124. The van der Waals surface area contributed by atoms with Crippen molar-refractivity contribution in [1.29, 1.82) is 0 Å². The van der Waals surface area contributed by atoms with Crippen LogP contribution in [0.4, 0.5) is 36.4 Å². The average molecular weight is 609 g/mol. The second kappa shape index (κ2) is 12.5. The van der Waals surface area contributed by atoms with Gasteiger partial charge in [0.1, 0.15) is 18.1 Å². The summed E-state index contributed by atoms with van der Waals surface area (Å²) >= 11 is -1.80. The van der Waals surface area contributed by atoms with Crippen molar-refractivity contribution >= 4 is 17.0 Å². The third-order valence-corrected chi connectivity index (χ3v) is 6.66. The molecule has 0 amide bonds. The van der Waals surface area contributed by atoms with E-state index in [1.807, 2.05) is 0 Å². The summed E-state index contributed by atoms with van der Waals surface area (Å²) in [6.07, 6.45) is -13.6. The van der Waals surface area contributed by atoms with Crippen LogP contribution < -0.4 is 23.8 Å². The smallest absolute Gasteiger partial charge is 0.488 e. The summed E-state index contributed by atoms with van der Waals surface area (Å²) in [5.41, 5.74) is 1.68. The Hall–Kier alpha value is -3.56. The van der Waals surface area contributed by atoms with Crippen LogP contribution >= 0.6 is 0 Å². The van der Waals surface area contributed by atoms with E-state index in [1.54, 1.807) is 35.2 Å². The Kier molecular flexibility index (Phi) is 9.29. The number of alkyl halides is 7. The largest absolute Gasteiger partial charge is 0.573 e. The Morgan fingerprint density at radius 3 is 2.37 bits per heavy atom. The standard InChI is InChI=1S/C26H23F7N2O5S/c1-37-41(36)34-11-12-35-21-10-4-9-20(16-5-2-8-19(13-16)40-26(31,32)33)23(21)38-15-22(35)17-6-3-7-18(14-17)39-25(29,30)24(27)28/h2-10,13-14,22,24,34H,11-12,15H2,1H3. The maximum Gasteiger partial charge on any atom is 0.573 e. The monoisotopic (exact) mass is 608 g/mol. The molecule has 41 heavy (non-hydrogen) atoms. The lowest BCUT2D eigenvalue weighted by Gasteiger charge is -2.40. The highest BCUT2D eigenvalue weighted by Gasteiger charge is 2.44. The number of halogens is 7. The molecule has 1 aliphatic heterocycles. The number of anilines is 1. The number of fused-ring (bicyclic) bond motifs is 1. The summed E-state index contributed by atoms with van der Waals surface area (Å²) in [4.78, 5) is 1.79. The molecule has 0 aliphatic carbocycles. The minimum atomic E-state index is -4.89. The summed E-state index contributed by atoms with van der Waals surface area (Å²) in [5.74, 6) is -0.605. The third-order valence-electron chi connectivity index (χ3n) is 5.92. The first kappa shape index (κ1) is 30.4. The number of ether oxygens (including phenoxy) is 3. The molecule has 4 rings (SSSR count). The maximum absolute atomic E-state index is 13.6. The van der Waals surface area contributed by atoms with E-state index in [0.29, 0.717) is 28.1 Å². The first-order chi connectivity index (χ1) is 19.4. The van der Waals surface area contributed by atoms with E-state index in [0.717, 1.165) is 12.1 Å². The van der Waals surface area contributed by atoms with Crippen molar-refractivity contribution in [2.24, 2.45) is 0 Å². The van der Waals surface area contributed by atoms with Gasteiger partial charge in [0.05, 0.1) is 18.8 Å². The van der Waals surface area contributed by atoms with Gasteiger partial charge in [0, 0.05) is 18.7 Å². The average Bonchev–Trinajstić information content (AvgIpc) is 2.91. The van der Waals surface area contributed by atoms with Crippen LogP contribution in [0.2, 0.25) is 0 Å². The molecule has 0 saturated carbocycles. The predicted molar refractivity (Wildman–Crippen MR) is 135 cm³/mol. The van der Waals surface area contributed by atoms with Gasteiger partial charge in [-0.05, 0) is 41.5 Å². The van der Waals surface area contributed by atoms with Crippen molar-refractivity contribution in [2.75, 3.05) is 31.7 Å². The fourth-order valence-electron chi connectivity index (χ4n) is 4.26. The molecule has 0 spiro atoms.